The number of nitrogens with one attached hydrogen (secondary N) is 1. The van der Waals surface area contributed by atoms with Gasteiger partial charge in [0, 0.05) is 15.8 Å². The van der Waals surface area contributed by atoms with Gasteiger partial charge in [-0.05, 0) is 55.3 Å². The van der Waals surface area contributed by atoms with Gasteiger partial charge >= 0.3 is 16.1 Å². The van der Waals surface area contributed by atoms with E-state index in [0.29, 0.717) is 51.5 Å². The topological polar surface area (TPSA) is 103 Å². The van der Waals surface area contributed by atoms with Crippen molar-refractivity contribution in [2.24, 2.45) is 11.8 Å². The van der Waals surface area contributed by atoms with Crippen LogP contribution in [0.25, 0.3) is 21.9 Å². The molecule has 1 N–H and O–H groups in total. The Morgan fingerprint density at radius 2 is 1.61 bits per heavy atom. The van der Waals surface area contributed by atoms with E-state index in [2.05, 4.69) is 5.32 Å². The number of rotatable bonds is 5. The van der Waals surface area contributed by atoms with E-state index in [-0.39, 0.29) is 4.90 Å². The Bertz CT molecular complexity index is 1600. The van der Waals surface area contributed by atoms with Crippen LogP contribution in [-0.2, 0) is 23.9 Å². The normalized spacial score (nSPS) is 18.3. The Labute approximate surface area is 217 Å². The van der Waals surface area contributed by atoms with Gasteiger partial charge in [-0.15, -0.1) is 0 Å². The van der Waals surface area contributed by atoms with Gasteiger partial charge in [0.05, 0.1) is 22.5 Å². The van der Waals surface area contributed by atoms with Gasteiger partial charge in [-0.25, -0.2) is 0 Å². The van der Waals surface area contributed by atoms with Gasteiger partial charge in [0.1, 0.15) is 16.1 Å². The molecular formula is C26H21Cl2NO6S. The van der Waals surface area contributed by atoms with Crippen LogP contribution >= 0.6 is 23.2 Å². The highest BCUT2D eigenvalue weighted by Crippen LogP contribution is 2.35. The maximum Gasteiger partial charge on any atom is 0.341 e. The van der Waals surface area contributed by atoms with E-state index in [0.717, 1.165) is 11.8 Å². The van der Waals surface area contributed by atoms with Crippen LogP contribution in [0.5, 0.6) is 0 Å². The molecule has 4 aromatic rings. The minimum absolute atomic E-state index is 0.169. The molecule has 1 aliphatic carbocycles. The van der Waals surface area contributed by atoms with E-state index in [4.69, 9.17) is 31.8 Å². The molecule has 0 spiro atoms. The molecule has 0 saturated heterocycles. The smallest absolute Gasteiger partial charge is 0.341 e. The Morgan fingerprint density at radius 3 is 2.42 bits per heavy atom. The lowest BCUT2D eigenvalue weighted by Gasteiger charge is -2.28. The quantitative estimate of drug-likeness (QED) is 0.284. The highest BCUT2D eigenvalue weighted by Gasteiger charge is 2.39. The molecule has 7 nitrogen and oxygen atoms in total. The zero-order valence-electron chi connectivity index (χ0n) is 18.9. The number of para-hydroxylation sites is 1. The number of anilines is 1. The number of carbonyl (C=O) groups excluding carboxylic acids is 2. The van der Waals surface area contributed by atoms with Crippen molar-refractivity contribution in [3.63, 3.8) is 0 Å². The minimum Gasteiger partial charge on any atom is -0.456 e. The van der Waals surface area contributed by atoms with Crippen molar-refractivity contribution in [3.8, 4) is 0 Å². The molecular weight excluding hydrogens is 525 g/mol. The predicted octanol–water partition coefficient (Wildman–Crippen LogP) is 6.57. The van der Waals surface area contributed by atoms with Gasteiger partial charge in [0.2, 0.25) is 5.91 Å². The molecule has 1 fully saturated rings. The first kappa shape index (κ1) is 24.6. The lowest BCUT2D eigenvalue weighted by Crippen LogP contribution is -2.37. The molecule has 1 aliphatic rings. The first-order chi connectivity index (χ1) is 17.2. The number of fused-ring (bicyclic) bond motifs is 3. The predicted molar refractivity (Wildman–Crippen MR) is 138 cm³/mol. The van der Waals surface area contributed by atoms with Gasteiger partial charge in [-0.3, -0.25) is 9.59 Å². The van der Waals surface area contributed by atoms with Gasteiger partial charge in [-0.2, -0.15) is 8.42 Å². The fourth-order valence-electron chi connectivity index (χ4n) is 4.62. The molecule has 2 atom stereocenters. The molecule has 0 aliphatic heterocycles. The van der Waals surface area contributed by atoms with E-state index in [1.54, 1.807) is 18.2 Å². The van der Waals surface area contributed by atoms with Gasteiger partial charge in [-0.1, -0.05) is 54.2 Å². The third-order valence-corrected chi connectivity index (χ3v) is 8.20. The summed E-state index contributed by atoms with van der Waals surface area (Å²) in [6, 6.07) is 16.2. The van der Waals surface area contributed by atoms with Crippen molar-refractivity contribution in [2.45, 2.75) is 30.6 Å². The summed E-state index contributed by atoms with van der Waals surface area (Å²) >= 11 is 12.2. The molecule has 1 heterocycles. The Balaban J connectivity index is 1.37. The molecule has 3 aromatic carbocycles. The second-order valence-electron chi connectivity index (χ2n) is 8.72. The lowest BCUT2D eigenvalue weighted by molar-refractivity contribution is -0.144. The van der Waals surface area contributed by atoms with Crippen molar-refractivity contribution in [2.75, 3.05) is 5.32 Å². The molecule has 0 bridgehead atoms. The standard InChI is InChI=1S/C26H21Cl2NO6S/c27-15-9-11-21(28)22(13-15)29-25(30)18-6-1-2-7-19(18)26(31)35-36(32,33)16-10-12-24-20(14-16)17-5-3-4-8-23(17)34-24/h3-5,8-14,18-19H,1-2,6-7H2,(H,29,30). The largest absolute Gasteiger partial charge is 0.456 e. The first-order valence-electron chi connectivity index (χ1n) is 11.4. The third-order valence-electron chi connectivity index (χ3n) is 6.42. The summed E-state index contributed by atoms with van der Waals surface area (Å²) < 4.78 is 36.8. The number of furan rings is 1. The number of hydrogen-bond acceptors (Lipinski definition) is 6. The zero-order valence-corrected chi connectivity index (χ0v) is 21.2. The average Bonchev–Trinajstić information content (AvgIpc) is 3.24. The van der Waals surface area contributed by atoms with Crippen LogP contribution in [0.3, 0.4) is 0 Å². The highest BCUT2D eigenvalue weighted by molar-refractivity contribution is 7.87. The summed E-state index contributed by atoms with van der Waals surface area (Å²) in [5.41, 5.74) is 1.46. The lowest BCUT2D eigenvalue weighted by atomic mass is 9.78. The number of halogens is 2. The van der Waals surface area contributed by atoms with Crippen molar-refractivity contribution in [1.29, 1.82) is 0 Å². The van der Waals surface area contributed by atoms with E-state index in [1.165, 1.54) is 24.3 Å². The van der Waals surface area contributed by atoms with Crippen molar-refractivity contribution in [1.82, 2.24) is 0 Å². The van der Waals surface area contributed by atoms with E-state index in [1.807, 2.05) is 18.2 Å². The van der Waals surface area contributed by atoms with Crippen molar-refractivity contribution >= 4 is 72.8 Å². The summed E-state index contributed by atoms with van der Waals surface area (Å²) in [5, 5.41) is 4.74. The SMILES string of the molecule is O=C(Nc1cc(Cl)ccc1Cl)C1CCCCC1C(=O)OS(=O)(=O)c1ccc2oc3ccccc3c2c1. The second kappa shape index (κ2) is 9.76. The number of benzene rings is 3. The average molecular weight is 546 g/mol. The summed E-state index contributed by atoms with van der Waals surface area (Å²) in [4.78, 5) is 25.9. The van der Waals surface area contributed by atoms with Crippen LogP contribution in [0, 0.1) is 11.8 Å². The molecule has 36 heavy (non-hydrogen) atoms. The Hall–Kier alpha value is -3.07. The van der Waals surface area contributed by atoms with E-state index in [9.17, 15) is 18.0 Å². The summed E-state index contributed by atoms with van der Waals surface area (Å²) in [6.45, 7) is 0. The summed E-state index contributed by atoms with van der Waals surface area (Å²) in [5.74, 6) is -3.07. The summed E-state index contributed by atoms with van der Waals surface area (Å²) in [7, 11) is -4.43. The number of hydrogen-bond donors (Lipinski definition) is 1. The fourth-order valence-corrected chi connectivity index (χ4v) is 5.89. The molecule has 186 valence electrons. The molecule has 1 aromatic heterocycles. The van der Waals surface area contributed by atoms with Crippen LogP contribution in [0.15, 0.2) is 70.0 Å². The van der Waals surface area contributed by atoms with E-state index < -0.39 is 33.8 Å². The summed E-state index contributed by atoms with van der Waals surface area (Å²) in [6.07, 6.45) is 2.15. The fraction of sp³-hybridized carbons (Fsp3) is 0.231. The van der Waals surface area contributed by atoms with Gasteiger partial charge < -0.3 is 13.9 Å². The first-order valence-corrected chi connectivity index (χ1v) is 13.5. The van der Waals surface area contributed by atoms with Crippen molar-refractivity contribution in [3.05, 3.63) is 70.7 Å². The third kappa shape index (κ3) is 4.81. The molecule has 1 saturated carbocycles. The molecule has 2 unspecified atom stereocenters. The molecule has 5 rings (SSSR count). The molecule has 1 amide bonds. The maximum atomic E-state index is 13.1. The van der Waals surface area contributed by atoms with Crippen LogP contribution in [0.2, 0.25) is 10.0 Å². The molecule has 10 heteroatoms. The van der Waals surface area contributed by atoms with Gasteiger partial charge in [0.15, 0.2) is 0 Å². The van der Waals surface area contributed by atoms with Crippen molar-refractivity contribution < 1.29 is 26.6 Å². The van der Waals surface area contributed by atoms with Crippen LogP contribution in [-0.4, -0.2) is 20.3 Å². The zero-order chi connectivity index (χ0) is 25.4. The highest BCUT2D eigenvalue weighted by atomic mass is 35.5. The Morgan fingerprint density at radius 1 is 0.889 bits per heavy atom. The maximum absolute atomic E-state index is 13.1. The van der Waals surface area contributed by atoms with Gasteiger partial charge in [0.25, 0.3) is 0 Å². The Kier molecular flexibility index (Phi) is 6.68. The monoisotopic (exact) mass is 545 g/mol. The minimum atomic E-state index is -4.43. The van der Waals surface area contributed by atoms with Crippen LogP contribution in [0.4, 0.5) is 5.69 Å². The van der Waals surface area contributed by atoms with Crippen LogP contribution in [0.1, 0.15) is 25.7 Å². The van der Waals surface area contributed by atoms with Crippen LogP contribution < -0.4 is 5.32 Å². The number of amides is 1. The molecule has 0 radical (unpaired) electrons. The second-order valence-corrected chi connectivity index (χ2v) is 11.1. The number of carbonyl (C=O) groups is 2. The van der Waals surface area contributed by atoms with E-state index >= 15 is 0 Å².